The summed E-state index contributed by atoms with van der Waals surface area (Å²) in [6.07, 6.45) is 6.30. The molecule has 0 spiro atoms. The smallest absolute Gasteiger partial charge is 0.410 e. The van der Waals surface area contributed by atoms with Gasteiger partial charge in [-0.2, -0.15) is 5.26 Å². The van der Waals surface area contributed by atoms with Gasteiger partial charge in [0.1, 0.15) is 5.60 Å². The molecule has 3 rings (SSSR count). The molecule has 1 aromatic heterocycles. The number of hydrogen-bond acceptors (Lipinski definition) is 5. The Bertz CT molecular complexity index is 859. The van der Waals surface area contributed by atoms with Crippen molar-refractivity contribution in [1.82, 2.24) is 9.88 Å². The van der Waals surface area contributed by atoms with Crippen LogP contribution in [0.2, 0.25) is 0 Å². The zero-order chi connectivity index (χ0) is 21.2. The number of aromatic nitrogens is 1. The number of piperidine rings is 1. The van der Waals surface area contributed by atoms with Crippen LogP contribution in [0.5, 0.6) is 0 Å². The fourth-order valence-electron chi connectivity index (χ4n) is 4.23. The molecule has 2 fully saturated rings. The highest BCUT2D eigenvalue weighted by Crippen LogP contribution is 2.47. The lowest BCUT2D eigenvalue weighted by molar-refractivity contribution is 0.00232. The van der Waals surface area contributed by atoms with E-state index < -0.39 is 11.0 Å². The van der Waals surface area contributed by atoms with E-state index in [1.54, 1.807) is 24.2 Å². The van der Waals surface area contributed by atoms with Gasteiger partial charge in [0, 0.05) is 35.3 Å². The van der Waals surface area contributed by atoms with Crippen molar-refractivity contribution in [3.05, 3.63) is 29.6 Å². The second kappa shape index (κ2) is 8.28. The summed E-state index contributed by atoms with van der Waals surface area (Å²) in [6, 6.07) is 4.61. The van der Waals surface area contributed by atoms with Crippen molar-refractivity contribution < 1.29 is 9.53 Å². The summed E-state index contributed by atoms with van der Waals surface area (Å²) in [5.41, 5.74) is 0.570. The highest BCUT2D eigenvalue weighted by molar-refractivity contribution is 8.04. The summed E-state index contributed by atoms with van der Waals surface area (Å²) in [7, 11) is 0. The van der Waals surface area contributed by atoms with E-state index in [2.05, 4.69) is 36.1 Å². The molecule has 3 atom stereocenters. The maximum absolute atomic E-state index is 12.7. The normalized spacial score (nSPS) is 25.9. The number of fused-ring (bicyclic) bond motifs is 2. The van der Waals surface area contributed by atoms with Crippen LogP contribution >= 0.6 is 11.8 Å². The van der Waals surface area contributed by atoms with E-state index in [1.165, 1.54) is 0 Å². The zero-order valence-corrected chi connectivity index (χ0v) is 18.7. The Balaban J connectivity index is 1.83. The Kier molecular flexibility index (Phi) is 6.15. The quantitative estimate of drug-likeness (QED) is 0.651. The molecule has 2 bridgehead atoms. The van der Waals surface area contributed by atoms with Crippen LogP contribution in [0.25, 0.3) is 0 Å². The molecule has 0 radical (unpaired) electrons. The predicted molar refractivity (Wildman–Crippen MR) is 115 cm³/mol. The molecule has 0 saturated carbocycles. The number of thioether (sulfide) groups is 1. The summed E-state index contributed by atoms with van der Waals surface area (Å²) < 4.78 is 5.62. The van der Waals surface area contributed by atoms with Gasteiger partial charge in [-0.25, -0.2) is 4.79 Å². The minimum Gasteiger partial charge on any atom is -0.444 e. The van der Waals surface area contributed by atoms with E-state index in [4.69, 9.17) is 4.74 Å². The fourth-order valence-corrected chi connectivity index (χ4v) is 4.64. The first-order valence-corrected chi connectivity index (χ1v) is 11.1. The number of rotatable bonds is 2. The molecule has 6 heteroatoms. The second-order valence-corrected chi connectivity index (χ2v) is 10.6. The van der Waals surface area contributed by atoms with Gasteiger partial charge in [0.15, 0.2) is 0 Å². The Morgan fingerprint density at radius 2 is 1.97 bits per heavy atom. The second-order valence-electron chi connectivity index (χ2n) is 9.23. The first-order valence-electron chi connectivity index (χ1n) is 10.2. The number of amides is 1. The maximum atomic E-state index is 12.7. The molecular weight excluding hydrogens is 382 g/mol. The van der Waals surface area contributed by atoms with E-state index in [1.807, 2.05) is 31.7 Å². The lowest BCUT2D eigenvalue weighted by Crippen LogP contribution is -2.52. The van der Waals surface area contributed by atoms with E-state index >= 15 is 0 Å². The van der Waals surface area contributed by atoms with Gasteiger partial charge in [-0.15, -0.1) is 0 Å². The molecule has 1 unspecified atom stereocenters. The summed E-state index contributed by atoms with van der Waals surface area (Å²) in [5.74, 6) is 3.14. The van der Waals surface area contributed by atoms with Crippen molar-refractivity contribution in [2.75, 3.05) is 0 Å². The van der Waals surface area contributed by atoms with E-state index in [0.717, 1.165) is 24.0 Å². The van der Waals surface area contributed by atoms with Gasteiger partial charge in [0.2, 0.25) is 0 Å². The van der Waals surface area contributed by atoms with Crippen molar-refractivity contribution >= 4 is 17.9 Å². The van der Waals surface area contributed by atoms with Crippen LogP contribution in [-0.2, 0) is 10.2 Å². The summed E-state index contributed by atoms with van der Waals surface area (Å²) in [6.45, 7) is 9.85. The molecule has 2 aliphatic heterocycles. The number of carbonyl (C=O) groups excluding carboxylic acids is 1. The predicted octanol–water partition coefficient (Wildman–Crippen LogP) is 4.86. The lowest BCUT2D eigenvalue weighted by Gasteiger charge is -2.43. The van der Waals surface area contributed by atoms with Gasteiger partial charge in [-0.05, 0) is 63.3 Å². The summed E-state index contributed by atoms with van der Waals surface area (Å²) in [4.78, 5) is 19.0. The van der Waals surface area contributed by atoms with Gasteiger partial charge in [-0.3, -0.25) is 4.98 Å². The van der Waals surface area contributed by atoms with Gasteiger partial charge in [0.25, 0.3) is 0 Å². The Labute approximate surface area is 178 Å². The van der Waals surface area contributed by atoms with Crippen LogP contribution in [0.1, 0.15) is 71.4 Å². The van der Waals surface area contributed by atoms with Crippen LogP contribution in [0.3, 0.4) is 0 Å². The van der Waals surface area contributed by atoms with Crippen LogP contribution in [0.4, 0.5) is 4.79 Å². The highest BCUT2D eigenvalue weighted by Gasteiger charge is 2.52. The van der Waals surface area contributed by atoms with Crippen LogP contribution in [0, 0.1) is 22.5 Å². The SMILES string of the molecule is CC(C)SC#Cc1cncc(C2(C#N)C[C@H]3CC[C@@H](C2)N3C(=O)OC(C)(C)C)c1. The number of hydrogen-bond donors (Lipinski definition) is 0. The number of carbonyl (C=O) groups is 1. The van der Waals surface area contributed by atoms with Crippen molar-refractivity contribution in [3.63, 3.8) is 0 Å². The molecule has 0 aromatic carbocycles. The van der Waals surface area contributed by atoms with Crippen molar-refractivity contribution in [2.24, 2.45) is 0 Å². The zero-order valence-electron chi connectivity index (χ0n) is 17.9. The Morgan fingerprint density at radius 3 is 2.52 bits per heavy atom. The minimum absolute atomic E-state index is 0.0227. The average molecular weight is 412 g/mol. The fraction of sp³-hybridized carbons (Fsp3) is 0.609. The van der Waals surface area contributed by atoms with Gasteiger partial charge in [-0.1, -0.05) is 31.5 Å². The summed E-state index contributed by atoms with van der Waals surface area (Å²) in [5, 5.41) is 13.7. The first-order chi connectivity index (χ1) is 13.6. The van der Waals surface area contributed by atoms with E-state index in [-0.39, 0.29) is 18.2 Å². The number of nitriles is 1. The number of pyridine rings is 1. The molecule has 0 aliphatic carbocycles. The largest absolute Gasteiger partial charge is 0.444 e. The average Bonchev–Trinajstić information content (AvgIpc) is 2.91. The Hall–Kier alpha value is -2.18. The molecular formula is C23H29N3O2S. The third-order valence-corrected chi connectivity index (χ3v) is 6.08. The molecule has 154 valence electrons. The van der Waals surface area contributed by atoms with E-state index in [9.17, 15) is 10.1 Å². The van der Waals surface area contributed by atoms with Crippen molar-refractivity contribution in [2.45, 2.75) is 88.7 Å². The molecule has 1 aromatic rings. The van der Waals surface area contributed by atoms with Crippen molar-refractivity contribution in [1.29, 1.82) is 5.26 Å². The first kappa shape index (κ1) is 21.5. The molecule has 2 saturated heterocycles. The third kappa shape index (κ3) is 4.87. The number of nitrogens with zero attached hydrogens (tertiary/aromatic N) is 3. The standard InChI is InChI=1S/C23H29N3O2S/c1-16(2)29-9-8-17-10-18(14-25-13-17)23(15-24)11-19-6-7-20(12-23)26(19)21(27)28-22(3,4)5/h10,13-14,16,19-20H,6-7,11-12H2,1-5H3/t19-,20+,23?. The minimum atomic E-state index is -0.639. The van der Waals surface area contributed by atoms with Gasteiger partial charge in [0.05, 0.1) is 11.5 Å². The molecule has 3 heterocycles. The van der Waals surface area contributed by atoms with Crippen LogP contribution in [-0.4, -0.2) is 38.9 Å². The molecule has 29 heavy (non-hydrogen) atoms. The third-order valence-electron chi connectivity index (χ3n) is 5.39. The Morgan fingerprint density at radius 1 is 1.31 bits per heavy atom. The van der Waals surface area contributed by atoms with E-state index in [0.29, 0.717) is 18.1 Å². The molecule has 0 N–H and O–H groups in total. The van der Waals surface area contributed by atoms with Crippen molar-refractivity contribution in [3.8, 4) is 17.2 Å². The van der Waals surface area contributed by atoms with Gasteiger partial charge < -0.3 is 9.64 Å². The lowest BCUT2D eigenvalue weighted by atomic mass is 9.71. The number of ether oxygens (including phenoxy) is 1. The topological polar surface area (TPSA) is 66.2 Å². The molecule has 1 amide bonds. The summed E-state index contributed by atoms with van der Waals surface area (Å²) >= 11 is 1.58. The highest BCUT2D eigenvalue weighted by atomic mass is 32.2. The van der Waals surface area contributed by atoms with Gasteiger partial charge >= 0.3 is 6.09 Å². The maximum Gasteiger partial charge on any atom is 0.410 e. The monoisotopic (exact) mass is 411 g/mol. The molecule has 2 aliphatic rings. The van der Waals surface area contributed by atoms with Crippen LogP contribution in [0.15, 0.2) is 18.5 Å². The van der Waals surface area contributed by atoms with Crippen LogP contribution < -0.4 is 0 Å². The molecule has 5 nitrogen and oxygen atoms in total.